The van der Waals surface area contributed by atoms with Crippen molar-refractivity contribution in [1.29, 1.82) is 0 Å². The number of aromatic nitrogens is 3. The topological polar surface area (TPSA) is 131 Å². The van der Waals surface area contributed by atoms with E-state index in [2.05, 4.69) is 15.0 Å². The number of nitrogens with one attached hydrogen (secondary N) is 1. The fourth-order valence-corrected chi connectivity index (χ4v) is 2.60. The minimum absolute atomic E-state index is 0.115. The third-order valence-electron chi connectivity index (χ3n) is 3.52. The van der Waals surface area contributed by atoms with E-state index in [-0.39, 0.29) is 18.1 Å². The van der Waals surface area contributed by atoms with E-state index in [1.165, 1.54) is 6.20 Å². The summed E-state index contributed by atoms with van der Waals surface area (Å²) in [5, 5.41) is 9.74. The van der Waals surface area contributed by atoms with Crippen LogP contribution in [0.1, 0.15) is 15.9 Å². The van der Waals surface area contributed by atoms with E-state index in [9.17, 15) is 9.90 Å². The van der Waals surface area contributed by atoms with Crippen LogP contribution >= 0.6 is 11.6 Å². The van der Waals surface area contributed by atoms with Crippen LogP contribution in [0, 0.1) is 0 Å². The Hall–Kier alpha value is -2.90. The molecule has 1 aromatic carbocycles. The maximum atomic E-state index is 11.8. The number of anilines is 1. The van der Waals surface area contributed by atoms with E-state index in [0.29, 0.717) is 33.2 Å². The van der Waals surface area contributed by atoms with Gasteiger partial charge in [-0.3, -0.25) is 4.79 Å². The number of nitrogens with zero attached hydrogens (tertiary/aromatic N) is 2. The summed E-state index contributed by atoms with van der Waals surface area (Å²) in [6.45, 7) is -0.147. The second kappa shape index (κ2) is 6.31. The molecule has 2 heterocycles. The first kappa shape index (κ1) is 16.0. The van der Waals surface area contributed by atoms with Gasteiger partial charge in [-0.15, -0.1) is 0 Å². The van der Waals surface area contributed by atoms with Gasteiger partial charge < -0.3 is 21.6 Å². The Bertz CT molecular complexity index is 923. The van der Waals surface area contributed by atoms with Crippen LogP contribution in [0.15, 0.2) is 36.5 Å². The van der Waals surface area contributed by atoms with E-state index in [1.54, 1.807) is 30.3 Å². The first-order valence-corrected chi connectivity index (χ1v) is 7.38. The zero-order valence-electron chi connectivity index (χ0n) is 12.5. The monoisotopic (exact) mass is 343 g/mol. The lowest BCUT2D eigenvalue weighted by Crippen LogP contribution is -2.11. The van der Waals surface area contributed by atoms with E-state index < -0.39 is 5.91 Å². The predicted molar refractivity (Wildman–Crippen MR) is 91.1 cm³/mol. The number of benzene rings is 1. The van der Waals surface area contributed by atoms with Gasteiger partial charge in [-0.05, 0) is 29.8 Å². The number of hydrogen-bond acceptors (Lipinski definition) is 5. The van der Waals surface area contributed by atoms with Crippen molar-refractivity contribution in [2.24, 2.45) is 5.73 Å². The van der Waals surface area contributed by atoms with Crippen molar-refractivity contribution in [2.75, 3.05) is 5.73 Å². The molecular weight excluding hydrogens is 330 g/mol. The number of carbonyl (C=O) groups excluding carboxylic acids is 1. The van der Waals surface area contributed by atoms with Crippen molar-refractivity contribution in [3.8, 4) is 22.6 Å². The summed E-state index contributed by atoms with van der Waals surface area (Å²) in [5.74, 6) is -0.496. The number of carbonyl (C=O) groups is 1. The smallest absolute Gasteiger partial charge is 0.250 e. The highest BCUT2D eigenvalue weighted by atomic mass is 35.5. The lowest BCUT2D eigenvalue weighted by atomic mass is 10.0. The third-order valence-corrected chi connectivity index (χ3v) is 3.85. The minimum Gasteiger partial charge on any atom is -0.392 e. The number of aliphatic hydroxyl groups excluding tert-OH is 1. The Morgan fingerprint density at radius 3 is 2.75 bits per heavy atom. The highest BCUT2D eigenvalue weighted by Gasteiger charge is 2.18. The highest BCUT2D eigenvalue weighted by molar-refractivity contribution is 6.33. The number of aromatic amines is 1. The van der Waals surface area contributed by atoms with Gasteiger partial charge in [0.1, 0.15) is 0 Å². The average Bonchev–Trinajstić information content (AvgIpc) is 3.01. The Morgan fingerprint density at radius 1 is 1.29 bits per heavy atom. The molecule has 0 atom stereocenters. The second-order valence-electron chi connectivity index (χ2n) is 5.11. The fraction of sp³-hybridized carbons (Fsp3) is 0.0625. The van der Waals surface area contributed by atoms with Crippen molar-refractivity contribution < 1.29 is 9.90 Å². The molecule has 0 radical (unpaired) electrons. The second-order valence-corrected chi connectivity index (χ2v) is 5.52. The van der Waals surface area contributed by atoms with Gasteiger partial charge in [-0.1, -0.05) is 17.7 Å². The number of amides is 1. The van der Waals surface area contributed by atoms with Crippen LogP contribution < -0.4 is 11.5 Å². The third kappa shape index (κ3) is 2.94. The van der Waals surface area contributed by atoms with Gasteiger partial charge in [0.15, 0.2) is 0 Å². The summed E-state index contributed by atoms with van der Waals surface area (Å²) < 4.78 is 0. The van der Waals surface area contributed by atoms with Gasteiger partial charge >= 0.3 is 0 Å². The van der Waals surface area contributed by atoms with Gasteiger partial charge in [0.25, 0.3) is 5.91 Å². The van der Waals surface area contributed by atoms with Crippen molar-refractivity contribution in [3.63, 3.8) is 0 Å². The Kier molecular flexibility index (Phi) is 4.20. The summed E-state index contributed by atoms with van der Waals surface area (Å²) in [5.41, 5.74) is 14.1. The average molecular weight is 344 g/mol. The molecule has 0 saturated carbocycles. The first-order chi connectivity index (χ1) is 11.5. The number of hydrogen-bond donors (Lipinski definition) is 4. The standard InChI is InChI=1S/C16H14ClN5O2/c17-11-2-1-8(7-23)5-9(11)14-10(15(18)24)6-13(21-14)12-3-4-20-16(19)22-12/h1-6,21,23H,7H2,(H2,18,24)(H2,19,20,22). The Labute approximate surface area is 142 Å². The molecule has 0 aliphatic carbocycles. The van der Waals surface area contributed by atoms with Crippen LogP contribution in [0.25, 0.3) is 22.6 Å². The van der Waals surface area contributed by atoms with Crippen molar-refractivity contribution >= 4 is 23.5 Å². The maximum absolute atomic E-state index is 11.8. The molecule has 3 aromatic rings. The molecule has 2 aromatic heterocycles. The number of halogens is 1. The molecule has 0 unspecified atom stereocenters. The molecule has 0 aliphatic rings. The van der Waals surface area contributed by atoms with Crippen LogP contribution in [0.5, 0.6) is 0 Å². The molecule has 6 N–H and O–H groups in total. The molecule has 0 bridgehead atoms. The zero-order valence-corrected chi connectivity index (χ0v) is 13.2. The number of nitrogens with two attached hydrogens (primary N) is 2. The normalized spacial score (nSPS) is 10.8. The van der Waals surface area contributed by atoms with Crippen LogP contribution in [0.4, 0.5) is 5.95 Å². The summed E-state index contributed by atoms with van der Waals surface area (Å²) in [6.07, 6.45) is 1.52. The van der Waals surface area contributed by atoms with Crippen LogP contribution in [-0.4, -0.2) is 26.0 Å². The molecule has 0 fully saturated rings. The quantitative estimate of drug-likeness (QED) is 0.575. The van der Waals surface area contributed by atoms with Gasteiger partial charge in [0.2, 0.25) is 5.95 Å². The van der Waals surface area contributed by atoms with Gasteiger partial charge in [0.05, 0.1) is 29.3 Å². The van der Waals surface area contributed by atoms with Gasteiger partial charge in [-0.25, -0.2) is 9.97 Å². The number of H-pyrrole nitrogens is 1. The molecule has 122 valence electrons. The van der Waals surface area contributed by atoms with Crippen LogP contribution in [0.2, 0.25) is 5.02 Å². The first-order valence-electron chi connectivity index (χ1n) is 7.01. The zero-order chi connectivity index (χ0) is 17.3. The number of aliphatic hydroxyl groups is 1. The molecule has 0 aliphatic heterocycles. The maximum Gasteiger partial charge on any atom is 0.250 e. The lowest BCUT2D eigenvalue weighted by Gasteiger charge is -2.07. The largest absolute Gasteiger partial charge is 0.392 e. The summed E-state index contributed by atoms with van der Waals surface area (Å²) in [6, 6.07) is 8.28. The molecule has 0 saturated heterocycles. The van der Waals surface area contributed by atoms with Crippen LogP contribution in [-0.2, 0) is 6.61 Å². The number of nitrogen functional groups attached to an aromatic ring is 1. The van der Waals surface area contributed by atoms with Gasteiger partial charge in [0, 0.05) is 16.8 Å². The molecular formula is C16H14ClN5O2. The van der Waals surface area contributed by atoms with Crippen molar-refractivity contribution in [3.05, 3.63) is 52.7 Å². The molecule has 8 heteroatoms. The van der Waals surface area contributed by atoms with E-state index in [1.807, 2.05) is 0 Å². The van der Waals surface area contributed by atoms with E-state index >= 15 is 0 Å². The Balaban J connectivity index is 2.19. The van der Waals surface area contributed by atoms with Crippen molar-refractivity contribution in [2.45, 2.75) is 6.61 Å². The molecule has 3 rings (SSSR count). The lowest BCUT2D eigenvalue weighted by molar-refractivity contribution is 0.100. The van der Waals surface area contributed by atoms with Crippen molar-refractivity contribution in [1.82, 2.24) is 15.0 Å². The van der Waals surface area contributed by atoms with Crippen LogP contribution in [0.3, 0.4) is 0 Å². The SMILES string of the molecule is NC(=O)c1cc(-c2ccnc(N)n2)[nH]c1-c1cc(CO)ccc1Cl. The summed E-state index contributed by atoms with van der Waals surface area (Å²) >= 11 is 6.25. The Morgan fingerprint density at radius 2 is 2.08 bits per heavy atom. The summed E-state index contributed by atoms with van der Waals surface area (Å²) in [4.78, 5) is 22.9. The molecule has 0 spiro atoms. The molecule has 24 heavy (non-hydrogen) atoms. The number of primary amides is 1. The van der Waals surface area contributed by atoms with Gasteiger partial charge in [-0.2, -0.15) is 0 Å². The highest BCUT2D eigenvalue weighted by Crippen LogP contribution is 2.33. The minimum atomic E-state index is -0.611. The van der Waals surface area contributed by atoms with E-state index in [4.69, 9.17) is 23.1 Å². The predicted octanol–water partition coefficient (Wildman–Crippen LogP) is 1.97. The molecule has 1 amide bonds. The molecule has 7 nitrogen and oxygen atoms in total. The summed E-state index contributed by atoms with van der Waals surface area (Å²) in [7, 11) is 0. The van der Waals surface area contributed by atoms with E-state index in [0.717, 1.165) is 0 Å². The number of rotatable bonds is 4. The fourth-order valence-electron chi connectivity index (χ4n) is 2.39.